The fourth-order valence-electron chi connectivity index (χ4n) is 2.11. The molecule has 4 nitrogen and oxygen atoms in total. The van der Waals surface area contributed by atoms with Crippen LogP contribution in [-0.2, 0) is 13.0 Å². The lowest BCUT2D eigenvalue weighted by molar-refractivity contribution is 0.475. The van der Waals surface area contributed by atoms with E-state index in [0.29, 0.717) is 6.42 Å². The second kappa shape index (κ2) is 5.57. The summed E-state index contributed by atoms with van der Waals surface area (Å²) in [4.78, 5) is 8.73. The average molecular weight is 265 g/mol. The standard InChI is InChI=1S/C16H15N3O/c20-15-6-4-13(5-7-15)12-19-10-9-18-16(19)11-14-3-1-2-8-17-14/h1-10,20H,11-12H2. The lowest BCUT2D eigenvalue weighted by Crippen LogP contribution is -2.05. The number of phenols is 1. The minimum Gasteiger partial charge on any atom is -0.508 e. The largest absolute Gasteiger partial charge is 0.508 e. The van der Waals surface area contributed by atoms with Crippen molar-refractivity contribution in [3.05, 3.63) is 78.1 Å². The van der Waals surface area contributed by atoms with Gasteiger partial charge in [0.05, 0.1) is 0 Å². The molecule has 1 N–H and O–H groups in total. The highest BCUT2D eigenvalue weighted by molar-refractivity contribution is 5.26. The lowest BCUT2D eigenvalue weighted by atomic mass is 10.2. The molecule has 100 valence electrons. The fourth-order valence-corrected chi connectivity index (χ4v) is 2.11. The Morgan fingerprint density at radius 2 is 1.80 bits per heavy atom. The molecule has 0 saturated heterocycles. The molecule has 0 atom stereocenters. The Morgan fingerprint density at radius 1 is 0.950 bits per heavy atom. The molecule has 0 bridgehead atoms. The summed E-state index contributed by atoms with van der Waals surface area (Å²) in [5.74, 6) is 1.27. The van der Waals surface area contributed by atoms with Crippen molar-refractivity contribution in [3.8, 4) is 5.75 Å². The lowest BCUT2D eigenvalue weighted by Gasteiger charge is -2.08. The van der Waals surface area contributed by atoms with Gasteiger partial charge in [0.25, 0.3) is 0 Å². The molecule has 20 heavy (non-hydrogen) atoms. The number of aromatic nitrogens is 3. The highest BCUT2D eigenvalue weighted by Gasteiger charge is 2.05. The van der Waals surface area contributed by atoms with Crippen LogP contribution < -0.4 is 0 Å². The van der Waals surface area contributed by atoms with Crippen LogP contribution in [-0.4, -0.2) is 19.6 Å². The molecule has 0 fully saturated rings. The summed E-state index contributed by atoms with van der Waals surface area (Å²) in [6.07, 6.45) is 6.28. The van der Waals surface area contributed by atoms with Gasteiger partial charge < -0.3 is 9.67 Å². The number of phenolic OH excluding ortho intramolecular Hbond substituents is 1. The van der Waals surface area contributed by atoms with Crippen molar-refractivity contribution in [1.29, 1.82) is 0 Å². The number of benzene rings is 1. The van der Waals surface area contributed by atoms with Gasteiger partial charge in [0.15, 0.2) is 0 Å². The molecular weight excluding hydrogens is 250 g/mol. The zero-order chi connectivity index (χ0) is 13.8. The molecule has 1 aromatic carbocycles. The molecule has 3 rings (SSSR count). The van der Waals surface area contributed by atoms with E-state index in [1.54, 1.807) is 24.5 Å². The van der Waals surface area contributed by atoms with E-state index in [4.69, 9.17) is 0 Å². The minimum absolute atomic E-state index is 0.285. The van der Waals surface area contributed by atoms with E-state index in [1.807, 2.05) is 36.5 Å². The van der Waals surface area contributed by atoms with E-state index in [-0.39, 0.29) is 5.75 Å². The van der Waals surface area contributed by atoms with Crippen molar-refractivity contribution in [2.45, 2.75) is 13.0 Å². The van der Waals surface area contributed by atoms with Crippen LogP contribution in [0, 0.1) is 0 Å². The number of nitrogens with zero attached hydrogens (tertiary/aromatic N) is 3. The average Bonchev–Trinajstić information content (AvgIpc) is 2.90. The summed E-state index contributed by atoms with van der Waals surface area (Å²) < 4.78 is 2.10. The van der Waals surface area contributed by atoms with Crippen molar-refractivity contribution in [1.82, 2.24) is 14.5 Å². The zero-order valence-corrected chi connectivity index (χ0v) is 11.0. The Balaban J connectivity index is 1.78. The van der Waals surface area contributed by atoms with E-state index < -0.39 is 0 Å². The second-order valence-electron chi connectivity index (χ2n) is 4.64. The topological polar surface area (TPSA) is 50.9 Å². The van der Waals surface area contributed by atoms with Crippen LogP contribution in [0.15, 0.2) is 61.1 Å². The van der Waals surface area contributed by atoms with E-state index in [2.05, 4.69) is 14.5 Å². The monoisotopic (exact) mass is 265 g/mol. The summed E-state index contributed by atoms with van der Waals surface area (Å²) in [7, 11) is 0. The first-order valence-corrected chi connectivity index (χ1v) is 6.49. The highest BCUT2D eigenvalue weighted by atomic mass is 16.3. The molecule has 0 saturated carbocycles. The van der Waals surface area contributed by atoms with Crippen molar-refractivity contribution in [2.75, 3.05) is 0 Å². The number of imidazole rings is 1. The molecule has 3 aromatic rings. The van der Waals surface area contributed by atoms with Gasteiger partial charge in [-0.25, -0.2) is 4.98 Å². The van der Waals surface area contributed by atoms with Crippen LogP contribution in [0.3, 0.4) is 0 Å². The summed E-state index contributed by atoms with van der Waals surface area (Å²) in [6.45, 7) is 0.739. The zero-order valence-electron chi connectivity index (χ0n) is 11.0. The summed E-state index contributed by atoms with van der Waals surface area (Å²) in [5.41, 5.74) is 2.13. The SMILES string of the molecule is Oc1ccc(Cn2ccnc2Cc2ccccn2)cc1. The van der Waals surface area contributed by atoms with E-state index >= 15 is 0 Å². The van der Waals surface area contributed by atoms with Crippen LogP contribution in [0.5, 0.6) is 5.75 Å². The van der Waals surface area contributed by atoms with E-state index in [9.17, 15) is 5.11 Å². The van der Waals surface area contributed by atoms with E-state index in [1.165, 1.54) is 0 Å². The Kier molecular flexibility index (Phi) is 3.46. The van der Waals surface area contributed by atoms with Gasteiger partial charge in [-0.1, -0.05) is 18.2 Å². The number of aromatic hydroxyl groups is 1. The third-order valence-corrected chi connectivity index (χ3v) is 3.16. The van der Waals surface area contributed by atoms with Gasteiger partial charge in [0, 0.05) is 37.3 Å². The Morgan fingerprint density at radius 3 is 2.55 bits per heavy atom. The van der Waals surface area contributed by atoms with Crippen molar-refractivity contribution in [3.63, 3.8) is 0 Å². The predicted octanol–water partition coefficient (Wildman–Crippen LogP) is 2.62. The van der Waals surface area contributed by atoms with E-state index in [0.717, 1.165) is 23.6 Å². The molecule has 0 amide bonds. The molecule has 0 aliphatic heterocycles. The molecule has 0 unspecified atom stereocenters. The minimum atomic E-state index is 0.285. The first-order chi connectivity index (χ1) is 9.81. The second-order valence-corrected chi connectivity index (χ2v) is 4.64. The van der Waals surface area contributed by atoms with Crippen molar-refractivity contribution < 1.29 is 5.11 Å². The maximum atomic E-state index is 9.30. The molecule has 4 heteroatoms. The number of rotatable bonds is 4. The van der Waals surface area contributed by atoms with Gasteiger partial charge >= 0.3 is 0 Å². The van der Waals surface area contributed by atoms with Gasteiger partial charge in [-0.2, -0.15) is 0 Å². The normalized spacial score (nSPS) is 10.6. The Labute approximate surface area is 117 Å². The van der Waals surface area contributed by atoms with Gasteiger partial charge in [-0.15, -0.1) is 0 Å². The van der Waals surface area contributed by atoms with Gasteiger partial charge in [0.1, 0.15) is 11.6 Å². The first kappa shape index (κ1) is 12.4. The first-order valence-electron chi connectivity index (χ1n) is 6.49. The molecule has 0 radical (unpaired) electrons. The highest BCUT2D eigenvalue weighted by Crippen LogP contribution is 2.13. The summed E-state index contributed by atoms with van der Waals surface area (Å²) >= 11 is 0. The van der Waals surface area contributed by atoms with Crippen LogP contribution >= 0.6 is 0 Å². The third-order valence-electron chi connectivity index (χ3n) is 3.16. The Bertz CT molecular complexity index is 674. The fraction of sp³-hybridized carbons (Fsp3) is 0.125. The maximum Gasteiger partial charge on any atom is 0.115 e. The Hall–Kier alpha value is -2.62. The number of pyridine rings is 1. The number of hydrogen-bond acceptors (Lipinski definition) is 3. The van der Waals surface area contributed by atoms with Crippen molar-refractivity contribution in [2.24, 2.45) is 0 Å². The summed E-state index contributed by atoms with van der Waals surface area (Å²) in [6, 6.07) is 13.1. The predicted molar refractivity (Wildman–Crippen MR) is 76.5 cm³/mol. The quantitative estimate of drug-likeness (QED) is 0.789. The molecule has 2 heterocycles. The van der Waals surface area contributed by atoms with Gasteiger partial charge in [-0.3, -0.25) is 4.98 Å². The molecular formula is C16H15N3O. The third kappa shape index (κ3) is 2.85. The van der Waals surface area contributed by atoms with Gasteiger partial charge in [0.2, 0.25) is 0 Å². The molecule has 2 aromatic heterocycles. The number of hydrogen-bond donors (Lipinski definition) is 1. The van der Waals surface area contributed by atoms with Crippen LogP contribution in [0.25, 0.3) is 0 Å². The molecule has 0 spiro atoms. The summed E-state index contributed by atoms with van der Waals surface area (Å²) in [5, 5.41) is 9.30. The molecule has 0 aliphatic carbocycles. The maximum absolute atomic E-state index is 9.30. The van der Waals surface area contributed by atoms with Crippen LogP contribution in [0.1, 0.15) is 17.1 Å². The van der Waals surface area contributed by atoms with Crippen LogP contribution in [0.4, 0.5) is 0 Å². The van der Waals surface area contributed by atoms with Crippen LogP contribution in [0.2, 0.25) is 0 Å². The van der Waals surface area contributed by atoms with Gasteiger partial charge in [-0.05, 0) is 29.8 Å². The smallest absolute Gasteiger partial charge is 0.115 e. The molecule has 0 aliphatic rings. The van der Waals surface area contributed by atoms with Crippen molar-refractivity contribution >= 4 is 0 Å².